The Hall–Kier alpha value is -1.67. The molecule has 0 aromatic rings. The largest absolute Gasteiger partial charge is 0.479 e. The molecular formula is C24H48O28Zn2. The molecule has 0 unspecified atom stereocenters. The fourth-order valence-electron chi connectivity index (χ4n) is 2.67. The topological polar surface area (TPSA) is 554 Å². The van der Waals surface area contributed by atoms with E-state index in [1.165, 1.54) is 0 Å². The van der Waals surface area contributed by atoms with Crippen LogP contribution in [0.2, 0.25) is 0 Å². The van der Waals surface area contributed by atoms with Crippen LogP contribution in [0.1, 0.15) is 0 Å². The van der Waals surface area contributed by atoms with Crippen molar-refractivity contribution in [3.8, 4) is 0 Å². The molecule has 0 heterocycles. The first-order chi connectivity index (χ1) is 23.7. The number of aliphatic hydroxyl groups is 20. The van der Waals surface area contributed by atoms with Crippen LogP contribution in [0.5, 0.6) is 0 Å². The molecule has 54 heavy (non-hydrogen) atoms. The molecule has 0 radical (unpaired) electrons. The summed E-state index contributed by atoms with van der Waals surface area (Å²) in [6.45, 7) is -3.37. The smallest absolute Gasteiger partial charge is 0.335 e. The summed E-state index contributed by atoms with van der Waals surface area (Å²) in [6.07, 6.45) is -31.3. The maximum Gasteiger partial charge on any atom is 0.335 e. The van der Waals surface area contributed by atoms with E-state index < -0.39 is 148 Å². The summed E-state index contributed by atoms with van der Waals surface area (Å²) in [7, 11) is 0. The van der Waals surface area contributed by atoms with Gasteiger partial charge in [0.1, 0.15) is 73.2 Å². The van der Waals surface area contributed by atoms with E-state index in [0.717, 1.165) is 0 Å². The van der Waals surface area contributed by atoms with Crippen molar-refractivity contribution < 1.29 is 181 Å². The zero-order valence-corrected chi connectivity index (χ0v) is 33.8. The van der Waals surface area contributed by atoms with Gasteiger partial charge in [-0.25, -0.2) is 19.2 Å². The van der Waals surface area contributed by atoms with Gasteiger partial charge in [-0.15, -0.1) is 0 Å². The van der Waals surface area contributed by atoms with Crippen LogP contribution in [0.3, 0.4) is 0 Å². The zero-order valence-electron chi connectivity index (χ0n) is 27.8. The van der Waals surface area contributed by atoms with Gasteiger partial charge in [-0.2, -0.15) is 0 Å². The molecule has 30 heteroatoms. The first-order valence-electron chi connectivity index (χ1n) is 13.9. The first kappa shape index (κ1) is 64.2. The Morgan fingerprint density at radius 1 is 0.278 bits per heavy atom. The molecule has 0 aliphatic carbocycles. The fraction of sp³-hybridized carbons (Fsp3) is 0.833. The van der Waals surface area contributed by atoms with Crippen molar-refractivity contribution in [3.05, 3.63) is 0 Å². The molecule has 16 atom stereocenters. The van der Waals surface area contributed by atoms with Gasteiger partial charge in [0.15, 0.2) is 24.4 Å². The Morgan fingerprint density at radius 2 is 0.389 bits per heavy atom. The number of hydrogen-bond donors (Lipinski definition) is 24. The standard InChI is InChI=1S/4C6H12O7.2Zn/c4*7-1-2(8)3(9)4(10)5(11)6(12)13;;/h4*2-5,7-11H,1H2,(H,12,13);;/t4*2-,3-,4+,5-;;/m1111../s1. The van der Waals surface area contributed by atoms with Crippen molar-refractivity contribution in [2.75, 3.05) is 26.4 Å². The molecule has 0 rings (SSSR count). The van der Waals surface area contributed by atoms with Crippen LogP contribution in [0, 0.1) is 0 Å². The van der Waals surface area contributed by atoms with Crippen molar-refractivity contribution in [1.82, 2.24) is 0 Å². The van der Waals surface area contributed by atoms with Crippen molar-refractivity contribution >= 4 is 23.9 Å². The number of carbonyl (C=O) groups is 4. The second kappa shape index (κ2) is 33.5. The van der Waals surface area contributed by atoms with Crippen LogP contribution < -0.4 is 0 Å². The Bertz CT molecular complexity index is 846. The van der Waals surface area contributed by atoms with Crippen molar-refractivity contribution in [2.45, 2.75) is 97.7 Å². The zero-order chi connectivity index (χ0) is 42.4. The van der Waals surface area contributed by atoms with E-state index in [1.807, 2.05) is 0 Å². The Labute approximate surface area is 328 Å². The van der Waals surface area contributed by atoms with Crippen LogP contribution in [0.4, 0.5) is 0 Å². The normalized spacial score (nSPS) is 19.6. The molecule has 0 aromatic carbocycles. The monoisotopic (exact) mass is 912 g/mol. The van der Waals surface area contributed by atoms with Crippen molar-refractivity contribution in [1.29, 1.82) is 0 Å². The molecule has 0 aliphatic rings. The summed E-state index contributed by atoms with van der Waals surface area (Å²) in [5, 5.41) is 207. The minimum atomic E-state index is -2.20. The van der Waals surface area contributed by atoms with Gasteiger partial charge in [0.2, 0.25) is 0 Å². The summed E-state index contributed by atoms with van der Waals surface area (Å²) in [5.41, 5.74) is 0. The van der Waals surface area contributed by atoms with E-state index in [4.69, 9.17) is 123 Å². The van der Waals surface area contributed by atoms with E-state index in [1.54, 1.807) is 0 Å². The molecule has 0 amide bonds. The van der Waals surface area contributed by atoms with E-state index in [2.05, 4.69) is 0 Å². The summed E-state index contributed by atoms with van der Waals surface area (Å²) in [6, 6.07) is 0. The average molecular weight is 915 g/mol. The number of hydrogen-bond acceptors (Lipinski definition) is 24. The average Bonchev–Trinajstić information content (AvgIpc) is 3.12. The minimum absolute atomic E-state index is 0. The third-order valence-electron chi connectivity index (χ3n) is 6.03. The molecule has 0 saturated heterocycles. The summed E-state index contributed by atoms with van der Waals surface area (Å²) in [5.74, 6) is -6.90. The fourth-order valence-corrected chi connectivity index (χ4v) is 2.67. The van der Waals surface area contributed by atoms with Gasteiger partial charge >= 0.3 is 23.9 Å². The van der Waals surface area contributed by atoms with Crippen LogP contribution >= 0.6 is 0 Å². The van der Waals surface area contributed by atoms with Gasteiger partial charge in [-0.05, 0) is 0 Å². The second-order valence-corrected chi connectivity index (χ2v) is 10.1. The van der Waals surface area contributed by atoms with Gasteiger partial charge in [0.25, 0.3) is 0 Å². The number of aliphatic hydroxyl groups excluding tert-OH is 20. The van der Waals surface area contributed by atoms with Crippen molar-refractivity contribution in [3.63, 3.8) is 0 Å². The van der Waals surface area contributed by atoms with Crippen LogP contribution in [-0.4, -0.2) is 271 Å². The number of carboxylic acids is 4. The van der Waals surface area contributed by atoms with E-state index in [0.29, 0.717) is 0 Å². The number of rotatable bonds is 20. The van der Waals surface area contributed by atoms with Gasteiger partial charge < -0.3 is 123 Å². The van der Waals surface area contributed by atoms with Gasteiger partial charge in [-0.3, -0.25) is 0 Å². The molecule has 28 nitrogen and oxygen atoms in total. The maximum atomic E-state index is 10.1. The molecular weight excluding hydrogens is 867 g/mol. The van der Waals surface area contributed by atoms with Crippen molar-refractivity contribution in [2.24, 2.45) is 0 Å². The van der Waals surface area contributed by atoms with E-state index in [-0.39, 0.29) is 39.0 Å². The van der Waals surface area contributed by atoms with Crippen LogP contribution in [0.25, 0.3) is 0 Å². The van der Waals surface area contributed by atoms with Crippen LogP contribution in [-0.2, 0) is 58.1 Å². The van der Waals surface area contributed by atoms with E-state index in [9.17, 15) is 19.2 Å². The molecule has 24 N–H and O–H groups in total. The van der Waals surface area contributed by atoms with Gasteiger partial charge in [-0.1, -0.05) is 0 Å². The molecule has 0 aliphatic heterocycles. The van der Waals surface area contributed by atoms with Crippen LogP contribution in [0.15, 0.2) is 0 Å². The number of aliphatic carboxylic acids is 4. The first-order valence-corrected chi connectivity index (χ1v) is 13.9. The molecule has 0 spiro atoms. The molecule has 316 valence electrons. The van der Waals surface area contributed by atoms with Gasteiger partial charge in [0, 0.05) is 39.0 Å². The Morgan fingerprint density at radius 3 is 0.463 bits per heavy atom. The van der Waals surface area contributed by atoms with E-state index >= 15 is 0 Å². The minimum Gasteiger partial charge on any atom is -0.479 e. The SMILES string of the molecule is O=C(O)[C@H](O)[C@@H](O)[C@H](O)[C@H](O)CO.O=C(O)[C@H](O)[C@@H](O)[C@H](O)[C@H](O)CO.O=C(O)[C@H](O)[C@@H](O)[C@H](O)[C@H](O)CO.O=C(O)[C@H](O)[C@@H](O)[C@H](O)[C@H](O)CO.[Zn].[Zn]. The molecule has 0 saturated carbocycles. The third kappa shape index (κ3) is 24.8. The third-order valence-corrected chi connectivity index (χ3v) is 6.03. The quantitative estimate of drug-likeness (QED) is 0.0504. The second-order valence-electron chi connectivity index (χ2n) is 10.1. The molecule has 0 fully saturated rings. The predicted molar refractivity (Wildman–Crippen MR) is 155 cm³/mol. The maximum absolute atomic E-state index is 10.1. The Balaban J connectivity index is -0.000000140. The number of carboxylic acid groups (broad SMARTS) is 4. The molecule has 0 bridgehead atoms. The Kier molecular flexibility index (Phi) is 39.8. The molecule has 0 aromatic heterocycles. The summed E-state index contributed by atoms with van der Waals surface area (Å²) < 4.78 is 0. The summed E-state index contributed by atoms with van der Waals surface area (Å²) in [4.78, 5) is 40.4. The predicted octanol–water partition coefficient (Wildman–Crippen LogP) is -14.0. The van der Waals surface area contributed by atoms with Gasteiger partial charge in [0.05, 0.1) is 26.4 Å². The summed E-state index contributed by atoms with van der Waals surface area (Å²) >= 11 is 0.